The SMILES string of the molecule is Cc1cc(NCC(O)C(N)=O)c([N+](=O)[O-])cc1F. The minimum atomic E-state index is -1.48. The van der Waals surface area contributed by atoms with Crippen molar-refractivity contribution in [1.82, 2.24) is 0 Å². The molecule has 0 aliphatic rings. The summed E-state index contributed by atoms with van der Waals surface area (Å²) >= 11 is 0. The quantitative estimate of drug-likeness (QED) is 0.517. The number of aryl methyl sites for hydroxylation is 1. The Hall–Kier alpha value is -2.22. The van der Waals surface area contributed by atoms with Gasteiger partial charge in [-0.25, -0.2) is 4.39 Å². The van der Waals surface area contributed by atoms with Crippen LogP contribution in [-0.2, 0) is 4.79 Å². The van der Waals surface area contributed by atoms with Crippen LogP contribution in [0.15, 0.2) is 12.1 Å². The van der Waals surface area contributed by atoms with Crippen LogP contribution in [0.4, 0.5) is 15.8 Å². The van der Waals surface area contributed by atoms with Gasteiger partial charge in [0.2, 0.25) is 5.91 Å². The first-order valence-corrected chi connectivity index (χ1v) is 4.98. The first kappa shape index (κ1) is 13.8. The van der Waals surface area contributed by atoms with Gasteiger partial charge in [0.15, 0.2) is 0 Å². The number of carbonyl (C=O) groups excluding carboxylic acids is 1. The third-order valence-electron chi connectivity index (χ3n) is 2.29. The zero-order valence-corrected chi connectivity index (χ0v) is 9.51. The number of nitrogens with two attached hydrogens (primary N) is 1. The molecule has 0 spiro atoms. The molecule has 1 aromatic rings. The smallest absolute Gasteiger partial charge is 0.295 e. The Bertz CT molecular complexity index is 492. The molecule has 0 fully saturated rings. The number of nitrogens with one attached hydrogen (secondary N) is 1. The third kappa shape index (κ3) is 3.14. The lowest BCUT2D eigenvalue weighted by Crippen LogP contribution is -2.34. The van der Waals surface area contributed by atoms with Crippen LogP contribution in [0.1, 0.15) is 5.56 Å². The van der Waals surface area contributed by atoms with Crippen molar-refractivity contribution in [2.75, 3.05) is 11.9 Å². The number of nitrogens with zero attached hydrogens (tertiary/aromatic N) is 1. The molecule has 8 heteroatoms. The molecule has 4 N–H and O–H groups in total. The van der Waals surface area contributed by atoms with E-state index >= 15 is 0 Å². The summed E-state index contributed by atoms with van der Waals surface area (Å²) in [5, 5.41) is 22.4. The Balaban J connectivity index is 2.97. The third-order valence-corrected chi connectivity index (χ3v) is 2.29. The number of primary amides is 1. The van der Waals surface area contributed by atoms with Crippen molar-refractivity contribution >= 4 is 17.3 Å². The molecule has 18 heavy (non-hydrogen) atoms. The molecule has 0 heterocycles. The highest BCUT2D eigenvalue weighted by Crippen LogP contribution is 2.27. The van der Waals surface area contributed by atoms with E-state index in [-0.39, 0.29) is 17.8 Å². The molecular weight excluding hydrogens is 245 g/mol. The lowest BCUT2D eigenvalue weighted by molar-refractivity contribution is -0.384. The molecule has 98 valence electrons. The van der Waals surface area contributed by atoms with Crippen molar-refractivity contribution in [3.05, 3.63) is 33.6 Å². The van der Waals surface area contributed by atoms with Gasteiger partial charge in [0.25, 0.3) is 5.69 Å². The van der Waals surface area contributed by atoms with Crippen molar-refractivity contribution in [2.45, 2.75) is 13.0 Å². The van der Waals surface area contributed by atoms with E-state index in [0.717, 1.165) is 6.07 Å². The Kier molecular flexibility index (Phi) is 4.16. The molecule has 1 unspecified atom stereocenters. The molecule has 1 aromatic carbocycles. The second-order valence-corrected chi connectivity index (χ2v) is 3.67. The van der Waals surface area contributed by atoms with Gasteiger partial charge < -0.3 is 16.2 Å². The highest BCUT2D eigenvalue weighted by molar-refractivity contribution is 5.79. The van der Waals surface area contributed by atoms with Crippen LogP contribution in [-0.4, -0.2) is 28.6 Å². The molecule has 1 atom stereocenters. The van der Waals surface area contributed by atoms with Gasteiger partial charge in [0, 0.05) is 0 Å². The minimum Gasteiger partial charge on any atom is -0.381 e. The fourth-order valence-electron chi connectivity index (χ4n) is 1.27. The lowest BCUT2D eigenvalue weighted by atomic mass is 10.1. The first-order chi connectivity index (χ1) is 8.32. The Labute approximate surface area is 102 Å². The second kappa shape index (κ2) is 5.41. The highest BCUT2D eigenvalue weighted by atomic mass is 19.1. The number of hydrogen-bond acceptors (Lipinski definition) is 5. The van der Waals surface area contributed by atoms with Gasteiger partial charge in [-0.2, -0.15) is 0 Å². The van der Waals surface area contributed by atoms with Crippen LogP contribution in [0.2, 0.25) is 0 Å². The average Bonchev–Trinajstić information content (AvgIpc) is 2.29. The fourth-order valence-corrected chi connectivity index (χ4v) is 1.27. The Morgan fingerprint density at radius 3 is 2.78 bits per heavy atom. The number of hydrogen-bond donors (Lipinski definition) is 3. The number of rotatable bonds is 5. The van der Waals surface area contributed by atoms with Crippen molar-refractivity contribution in [1.29, 1.82) is 0 Å². The van der Waals surface area contributed by atoms with Crippen LogP contribution in [0, 0.1) is 22.9 Å². The van der Waals surface area contributed by atoms with Gasteiger partial charge in [-0.15, -0.1) is 0 Å². The van der Waals surface area contributed by atoms with Crippen molar-refractivity contribution in [2.24, 2.45) is 5.73 Å². The molecule has 0 aliphatic heterocycles. The number of nitro benzene ring substituents is 1. The molecule has 1 amide bonds. The molecular formula is C10H12FN3O4. The molecule has 7 nitrogen and oxygen atoms in total. The summed E-state index contributed by atoms with van der Waals surface area (Å²) in [7, 11) is 0. The van der Waals surface area contributed by atoms with Gasteiger partial charge in [-0.05, 0) is 18.6 Å². The topological polar surface area (TPSA) is 118 Å². The van der Waals surface area contributed by atoms with E-state index in [9.17, 15) is 19.3 Å². The highest BCUT2D eigenvalue weighted by Gasteiger charge is 2.18. The number of halogens is 1. The summed E-state index contributed by atoms with van der Waals surface area (Å²) in [5.74, 6) is -1.66. The molecule has 0 saturated carbocycles. The van der Waals surface area contributed by atoms with Crippen LogP contribution < -0.4 is 11.1 Å². The predicted molar refractivity (Wildman–Crippen MR) is 61.5 cm³/mol. The van der Waals surface area contributed by atoms with E-state index in [1.54, 1.807) is 0 Å². The van der Waals surface area contributed by atoms with Crippen molar-refractivity contribution in [3.8, 4) is 0 Å². The van der Waals surface area contributed by atoms with Gasteiger partial charge in [-0.3, -0.25) is 14.9 Å². The number of anilines is 1. The molecule has 0 bridgehead atoms. The zero-order chi connectivity index (χ0) is 13.9. The zero-order valence-electron chi connectivity index (χ0n) is 9.51. The second-order valence-electron chi connectivity index (χ2n) is 3.67. The largest absolute Gasteiger partial charge is 0.381 e. The van der Waals surface area contributed by atoms with Crippen LogP contribution in [0.5, 0.6) is 0 Å². The summed E-state index contributed by atoms with van der Waals surface area (Å²) in [4.78, 5) is 20.5. The lowest BCUT2D eigenvalue weighted by Gasteiger charge is -2.11. The number of benzene rings is 1. The number of aliphatic hydroxyl groups excluding tert-OH is 1. The summed E-state index contributed by atoms with van der Waals surface area (Å²) < 4.78 is 13.2. The standard InChI is InChI=1S/C10H12FN3O4/c1-5-2-7(13-4-9(15)10(12)16)8(14(17)18)3-6(5)11/h2-3,9,13,15H,4H2,1H3,(H2,12,16). The van der Waals surface area contributed by atoms with Crippen molar-refractivity contribution in [3.63, 3.8) is 0 Å². The minimum absolute atomic E-state index is 0.0131. The summed E-state index contributed by atoms with van der Waals surface area (Å²) in [6.45, 7) is 1.15. The normalized spacial score (nSPS) is 11.9. The maximum atomic E-state index is 13.2. The fraction of sp³-hybridized carbons (Fsp3) is 0.300. The monoisotopic (exact) mass is 257 g/mol. The van der Waals surface area contributed by atoms with E-state index < -0.39 is 28.4 Å². The summed E-state index contributed by atoms with van der Waals surface area (Å²) in [6.07, 6.45) is -1.48. The number of amides is 1. The molecule has 0 radical (unpaired) electrons. The molecule has 0 aromatic heterocycles. The molecule has 0 saturated heterocycles. The molecule has 1 rings (SSSR count). The van der Waals surface area contributed by atoms with Crippen LogP contribution in [0.25, 0.3) is 0 Å². The van der Waals surface area contributed by atoms with Crippen molar-refractivity contribution < 1.29 is 19.2 Å². The molecule has 0 aliphatic carbocycles. The average molecular weight is 257 g/mol. The Morgan fingerprint density at radius 1 is 1.67 bits per heavy atom. The van der Waals surface area contributed by atoms with Gasteiger partial charge >= 0.3 is 0 Å². The van der Waals surface area contributed by atoms with E-state index in [0.29, 0.717) is 0 Å². The van der Waals surface area contributed by atoms with E-state index in [4.69, 9.17) is 10.8 Å². The van der Waals surface area contributed by atoms with Gasteiger partial charge in [0.05, 0.1) is 17.5 Å². The Morgan fingerprint density at radius 2 is 2.28 bits per heavy atom. The first-order valence-electron chi connectivity index (χ1n) is 4.98. The van der Waals surface area contributed by atoms with Crippen LogP contribution in [0.3, 0.4) is 0 Å². The summed E-state index contributed by atoms with van der Waals surface area (Å²) in [6, 6.07) is 2.00. The van der Waals surface area contributed by atoms with E-state index in [1.807, 2.05) is 0 Å². The number of carbonyl (C=O) groups is 1. The number of aliphatic hydroxyl groups is 1. The predicted octanol–water partition coefficient (Wildman–Crippen LogP) is 0.300. The maximum absolute atomic E-state index is 13.2. The van der Waals surface area contributed by atoms with Gasteiger partial charge in [0.1, 0.15) is 17.6 Å². The van der Waals surface area contributed by atoms with E-state index in [1.165, 1.54) is 13.0 Å². The number of nitro groups is 1. The van der Waals surface area contributed by atoms with Crippen LogP contribution >= 0.6 is 0 Å². The maximum Gasteiger partial charge on any atom is 0.295 e. The van der Waals surface area contributed by atoms with E-state index in [2.05, 4.69) is 5.32 Å². The van der Waals surface area contributed by atoms with Gasteiger partial charge in [-0.1, -0.05) is 0 Å². The summed E-state index contributed by atoms with van der Waals surface area (Å²) in [5.41, 5.74) is 4.57.